The Morgan fingerprint density at radius 2 is 1.95 bits per heavy atom. The predicted molar refractivity (Wildman–Crippen MR) is 75.2 cm³/mol. The predicted octanol–water partition coefficient (Wildman–Crippen LogP) is 2.47. The van der Waals surface area contributed by atoms with E-state index in [1.807, 2.05) is 25.8 Å². The zero-order chi connectivity index (χ0) is 15.0. The lowest BCUT2D eigenvalue weighted by atomic mass is 10.1. The Morgan fingerprint density at radius 3 is 2.50 bits per heavy atom. The summed E-state index contributed by atoms with van der Waals surface area (Å²) in [6.45, 7) is 6.10. The smallest absolute Gasteiger partial charge is 0.170 e. The SMILES string of the molecule is CCOC(CN(C)Cc1ccc(F)cc1C=O)OCC. The van der Waals surface area contributed by atoms with Gasteiger partial charge in [0.15, 0.2) is 6.29 Å². The van der Waals surface area contributed by atoms with Crippen molar-refractivity contribution < 1.29 is 18.7 Å². The van der Waals surface area contributed by atoms with Crippen molar-refractivity contribution in [2.75, 3.05) is 26.8 Å². The van der Waals surface area contributed by atoms with Crippen LogP contribution >= 0.6 is 0 Å². The van der Waals surface area contributed by atoms with E-state index in [4.69, 9.17) is 9.47 Å². The molecular weight excluding hydrogens is 261 g/mol. The van der Waals surface area contributed by atoms with Crippen molar-refractivity contribution in [2.24, 2.45) is 0 Å². The van der Waals surface area contributed by atoms with Gasteiger partial charge in [0.25, 0.3) is 0 Å². The highest BCUT2D eigenvalue weighted by molar-refractivity contribution is 5.77. The second-order valence-corrected chi connectivity index (χ2v) is 4.50. The second-order valence-electron chi connectivity index (χ2n) is 4.50. The van der Waals surface area contributed by atoms with E-state index in [1.165, 1.54) is 12.1 Å². The Balaban J connectivity index is 2.65. The molecule has 0 aromatic heterocycles. The Morgan fingerprint density at radius 1 is 1.30 bits per heavy atom. The quantitative estimate of drug-likeness (QED) is 0.515. The van der Waals surface area contributed by atoms with E-state index in [0.29, 0.717) is 38.2 Å². The van der Waals surface area contributed by atoms with Crippen molar-refractivity contribution in [1.29, 1.82) is 0 Å². The van der Waals surface area contributed by atoms with Crippen molar-refractivity contribution in [2.45, 2.75) is 26.7 Å². The summed E-state index contributed by atoms with van der Waals surface area (Å²) in [6.07, 6.45) is 0.379. The van der Waals surface area contributed by atoms with E-state index in [-0.39, 0.29) is 6.29 Å². The molecule has 0 radical (unpaired) electrons. The lowest BCUT2D eigenvalue weighted by Crippen LogP contribution is -2.33. The van der Waals surface area contributed by atoms with Gasteiger partial charge >= 0.3 is 0 Å². The van der Waals surface area contributed by atoms with Crippen LogP contribution in [0.5, 0.6) is 0 Å². The van der Waals surface area contributed by atoms with E-state index >= 15 is 0 Å². The van der Waals surface area contributed by atoms with Gasteiger partial charge in [-0.1, -0.05) is 6.07 Å². The molecule has 0 atom stereocenters. The third kappa shape index (κ3) is 5.36. The number of benzene rings is 1. The molecule has 1 aromatic carbocycles. The molecule has 0 saturated heterocycles. The Bertz CT molecular complexity index is 420. The van der Waals surface area contributed by atoms with Gasteiger partial charge in [0.1, 0.15) is 12.1 Å². The van der Waals surface area contributed by atoms with E-state index in [1.54, 1.807) is 6.07 Å². The first-order valence-corrected chi connectivity index (χ1v) is 6.76. The normalized spacial score (nSPS) is 11.3. The average molecular weight is 283 g/mol. The van der Waals surface area contributed by atoms with Crippen molar-refractivity contribution >= 4 is 6.29 Å². The van der Waals surface area contributed by atoms with E-state index < -0.39 is 5.82 Å². The van der Waals surface area contributed by atoms with Gasteiger partial charge in [-0.05, 0) is 38.6 Å². The van der Waals surface area contributed by atoms with Crippen molar-refractivity contribution in [1.82, 2.24) is 4.90 Å². The summed E-state index contributed by atoms with van der Waals surface area (Å²) in [5.74, 6) is -0.403. The number of carbonyl (C=O) groups is 1. The van der Waals surface area contributed by atoms with Gasteiger partial charge in [-0.3, -0.25) is 9.69 Å². The summed E-state index contributed by atoms with van der Waals surface area (Å²) < 4.78 is 24.0. The van der Waals surface area contributed by atoms with Crippen molar-refractivity contribution in [3.63, 3.8) is 0 Å². The highest BCUT2D eigenvalue weighted by Crippen LogP contribution is 2.12. The van der Waals surface area contributed by atoms with Gasteiger partial charge in [-0.2, -0.15) is 0 Å². The first-order valence-electron chi connectivity index (χ1n) is 6.76. The topological polar surface area (TPSA) is 38.8 Å². The molecule has 5 heteroatoms. The number of hydrogen-bond donors (Lipinski definition) is 0. The monoisotopic (exact) mass is 283 g/mol. The molecule has 4 nitrogen and oxygen atoms in total. The highest BCUT2D eigenvalue weighted by atomic mass is 19.1. The fourth-order valence-corrected chi connectivity index (χ4v) is 1.95. The molecule has 0 amide bonds. The Hall–Kier alpha value is -1.30. The lowest BCUT2D eigenvalue weighted by Gasteiger charge is -2.24. The first kappa shape index (κ1) is 16.8. The molecule has 1 rings (SSSR count). The summed E-state index contributed by atoms with van der Waals surface area (Å²) in [5, 5.41) is 0. The molecule has 20 heavy (non-hydrogen) atoms. The number of aldehydes is 1. The van der Waals surface area contributed by atoms with Crippen LogP contribution in [0.25, 0.3) is 0 Å². The molecule has 0 aliphatic heterocycles. The molecular formula is C15H22FNO3. The third-order valence-electron chi connectivity index (χ3n) is 2.84. The molecule has 0 aliphatic carbocycles. The zero-order valence-electron chi connectivity index (χ0n) is 12.3. The number of halogens is 1. The second kappa shape index (κ2) is 8.79. The number of rotatable bonds is 9. The minimum absolute atomic E-state index is 0.296. The Labute approximate surface area is 119 Å². The summed E-state index contributed by atoms with van der Waals surface area (Å²) in [5.41, 5.74) is 1.16. The lowest BCUT2D eigenvalue weighted by molar-refractivity contribution is -0.145. The van der Waals surface area contributed by atoms with Crippen LogP contribution in [0.15, 0.2) is 18.2 Å². The molecule has 0 N–H and O–H groups in total. The number of ether oxygens (including phenoxy) is 2. The van der Waals surface area contributed by atoms with Gasteiger partial charge < -0.3 is 9.47 Å². The number of carbonyl (C=O) groups excluding carboxylic acids is 1. The average Bonchev–Trinajstić information content (AvgIpc) is 2.41. The third-order valence-corrected chi connectivity index (χ3v) is 2.84. The van der Waals surface area contributed by atoms with E-state index in [9.17, 15) is 9.18 Å². The maximum absolute atomic E-state index is 13.1. The first-order chi connectivity index (χ1) is 9.60. The highest BCUT2D eigenvalue weighted by Gasteiger charge is 2.13. The zero-order valence-corrected chi connectivity index (χ0v) is 12.3. The summed E-state index contributed by atoms with van der Waals surface area (Å²) >= 11 is 0. The van der Waals surface area contributed by atoms with Crippen LogP contribution in [-0.4, -0.2) is 44.3 Å². The van der Waals surface area contributed by atoms with Gasteiger partial charge in [0, 0.05) is 31.9 Å². The molecule has 0 saturated carbocycles. The molecule has 0 aliphatic rings. The number of nitrogens with zero attached hydrogens (tertiary/aromatic N) is 1. The van der Waals surface area contributed by atoms with Gasteiger partial charge in [0.05, 0.1) is 0 Å². The number of likely N-dealkylation sites (N-methyl/N-ethyl adjacent to an activating group) is 1. The molecule has 0 heterocycles. The number of hydrogen-bond acceptors (Lipinski definition) is 4. The fourth-order valence-electron chi connectivity index (χ4n) is 1.95. The van der Waals surface area contributed by atoms with Gasteiger partial charge in [0.2, 0.25) is 0 Å². The minimum Gasteiger partial charge on any atom is -0.352 e. The fraction of sp³-hybridized carbons (Fsp3) is 0.533. The van der Waals surface area contributed by atoms with Crippen molar-refractivity contribution in [3.8, 4) is 0 Å². The molecule has 1 aromatic rings. The van der Waals surface area contributed by atoms with Crippen LogP contribution in [-0.2, 0) is 16.0 Å². The molecule has 112 valence electrons. The summed E-state index contributed by atoms with van der Waals surface area (Å²) in [4.78, 5) is 12.9. The van der Waals surface area contributed by atoms with E-state index in [2.05, 4.69) is 0 Å². The van der Waals surface area contributed by atoms with Crippen LogP contribution in [0.4, 0.5) is 4.39 Å². The molecule has 0 bridgehead atoms. The minimum atomic E-state index is -0.403. The van der Waals surface area contributed by atoms with Crippen LogP contribution in [0.2, 0.25) is 0 Å². The molecule has 0 unspecified atom stereocenters. The molecule has 0 spiro atoms. The standard InChI is InChI=1S/C15H22FNO3/c1-4-19-15(20-5-2)10-17(3)9-12-6-7-14(16)8-13(12)11-18/h6-8,11,15H,4-5,9-10H2,1-3H3. The van der Waals surface area contributed by atoms with Gasteiger partial charge in [-0.25, -0.2) is 4.39 Å². The van der Waals surface area contributed by atoms with Crippen LogP contribution in [0.3, 0.4) is 0 Å². The summed E-state index contributed by atoms with van der Waals surface area (Å²) in [7, 11) is 1.91. The summed E-state index contributed by atoms with van der Waals surface area (Å²) in [6, 6.07) is 4.24. The maximum Gasteiger partial charge on any atom is 0.170 e. The van der Waals surface area contributed by atoms with Crippen LogP contribution in [0.1, 0.15) is 29.8 Å². The molecule has 0 fully saturated rings. The Kier molecular flexibility index (Phi) is 7.36. The largest absolute Gasteiger partial charge is 0.352 e. The van der Waals surface area contributed by atoms with Crippen LogP contribution in [0, 0.1) is 5.82 Å². The van der Waals surface area contributed by atoms with Crippen LogP contribution < -0.4 is 0 Å². The maximum atomic E-state index is 13.1. The van der Waals surface area contributed by atoms with E-state index in [0.717, 1.165) is 5.56 Å². The van der Waals surface area contributed by atoms with Crippen molar-refractivity contribution in [3.05, 3.63) is 35.1 Å². The van der Waals surface area contributed by atoms with Gasteiger partial charge in [-0.15, -0.1) is 0 Å².